The zero-order valence-corrected chi connectivity index (χ0v) is 16.0. The van der Waals surface area contributed by atoms with E-state index in [4.69, 9.17) is 0 Å². The summed E-state index contributed by atoms with van der Waals surface area (Å²) >= 11 is 0. The molecule has 0 saturated heterocycles. The molecule has 1 atom stereocenters. The van der Waals surface area contributed by atoms with Crippen molar-refractivity contribution in [1.29, 1.82) is 0 Å². The van der Waals surface area contributed by atoms with E-state index in [2.05, 4.69) is 72.8 Å². The molecule has 2 aliphatic carbocycles. The molecule has 0 aliphatic heterocycles. The van der Waals surface area contributed by atoms with Crippen LogP contribution in [-0.4, -0.2) is 16.8 Å². The number of aliphatic hydroxyl groups is 2. The molecule has 0 spiro atoms. The highest BCUT2D eigenvalue weighted by Gasteiger charge is 2.55. The topological polar surface area (TPSA) is 40.5 Å². The second-order valence-corrected chi connectivity index (χ2v) is 8.49. The standard InChI is InChI=1S/C26H26O2/c27-18-25-13-5-7-15-26(25,16-8-6-14-25)24(28)23-17-19-9-1-2-10-20(19)21-11-3-4-12-22(21)23/h1-12,17,24,27-28H,13-16,18H2/t24-,25?,26?/m0/s1. The molecule has 0 amide bonds. The van der Waals surface area contributed by atoms with E-state index in [0.29, 0.717) is 0 Å². The number of aliphatic hydroxyl groups excluding tert-OH is 2. The fraction of sp³-hybridized carbons (Fsp3) is 0.308. The Balaban J connectivity index is 1.77. The molecule has 28 heavy (non-hydrogen) atoms. The summed E-state index contributed by atoms with van der Waals surface area (Å²) in [6.45, 7) is 0.101. The van der Waals surface area contributed by atoms with Gasteiger partial charge in [-0.2, -0.15) is 0 Å². The maximum atomic E-state index is 11.9. The number of rotatable bonds is 3. The molecule has 0 unspecified atom stereocenters. The normalized spacial score (nSPS) is 27.8. The van der Waals surface area contributed by atoms with Gasteiger partial charge in [0.25, 0.3) is 0 Å². The van der Waals surface area contributed by atoms with Gasteiger partial charge in [0, 0.05) is 17.4 Å². The molecule has 3 aromatic rings. The van der Waals surface area contributed by atoms with Gasteiger partial charge < -0.3 is 10.2 Å². The Kier molecular flexibility index (Phi) is 4.15. The first-order valence-electron chi connectivity index (χ1n) is 10.2. The molecular weight excluding hydrogens is 344 g/mol. The molecule has 5 rings (SSSR count). The lowest BCUT2D eigenvalue weighted by atomic mass is 9.50. The van der Waals surface area contributed by atoms with Crippen LogP contribution in [0, 0.1) is 10.8 Å². The molecular formula is C26H26O2. The van der Waals surface area contributed by atoms with Gasteiger partial charge in [-0.15, -0.1) is 0 Å². The highest BCUT2D eigenvalue weighted by molar-refractivity contribution is 6.09. The summed E-state index contributed by atoms with van der Waals surface area (Å²) in [5.74, 6) is 0. The van der Waals surface area contributed by atoms with E-state index in [1.165, 1.54) is 10.8 Å². The van der Waals surface area contributed by atoms with Crippen LogP contribution in [0.5, 0.6) is 0 Å². The van der Waals surface area contributed by atoms with Gasteiger partial charge in [0.15, 0.2) is 0 Å². The summed E-state index contributed by atoms with van der Waals surface area (Å²) in [6.07, 6.45) is 11.3. The summed E-state index contributed by atoms with van der Waals surface area (Å²) < 4.78 is 0. The zero-order valence-electron chi connectivity index (χ0n) is 16.0. The lowest BCUT2D eigenvalue weighted by Gasteiger charge is -2.55. The number of hydrogen-bond acceptors (Lipinski definition) is 2. The van der Waals surface area contributed by atoms with E-state index in [-0.39, 0.29) is 17.4 Å². The summed E-state index contributed by atoms with van der Waals surface area (Å²) in [4.78, 5) is 0. The number of fused-ring (bicyclic) bond motifs is 4. The Morgan fingerprint density at radius 3 is 2.00 bits per heavy atom. The highest BCUT2D eigenvalue weighted by Crippen LogP contribution is 2.61. The number of hydrogen-bond donors (Lipinski definition) is 2. The van der Waals surface area contributed by atoms with Crippen molar-refractivity contribution in [3.05, 3.63) is 84.5 Å². The van der Waals surface area contributed by atoms with E-state index in [9.17, 15) is 10.2 Å². The first-order chi connectivity index (χ1) is 13.7. The molecule has 3 aromatic carbocycles. The molecule has 142 valence electrons. The lowest BCUT2D eigenvalue weighted by Crippen LogP contribution is -2.50. The summed E-state index contributed by atoms with van der Waals surface area (Å²) in [7, 11) is 0. The van der Waals surface area contributed by atoms with Crippen LogP contribution < -0.4 is 0 Å². The van der Waals surface area contributed by atoms with Crippen LogP contribution in [0.1, 0.15) is 37.4 Å². The minimum Gasteiger partial charge on any atom is -0.396 e. The van der Waals surface area contributed by atoms with Gasteiger partial charge in [-0.1, -0.05) is 72.8 Å². The fourth-order valence-electron chi connectivity index (χ4n) is 5.62. The largest absolute Gasteiger partial charge is 0.396 e. The van der Waals surface area contributed by atoms with Crippen molar-refractivity contribution >= 4 is 21.5 Å². The molecule has 0 fully saturated rings. The second kappa shape index (κ2) is 6.58. The summed E-state index contributed by atoms with van der Waals surface area (Å²) in [6, 6.07) is 18.9. The minimum atomic E-state index is -0.635. The van der Waals surface area contributed by atoms with Crippen LogP contribution in [-0.2, 0) is 0 Å². The third kappa shape index (κ3) is 2.35. The van der Waals surface area contributed by atoms with Crippen molar-refractivity contribution in [2.45, 2.75) is 31.8 Å². The molecule has 0 radical (unpaired) electrons. The SMILES string of the molecule is OCC12CC=CCC1([C@@H](O)c1cc3ccccc3c3ccccc13)CC=CC2. The summed E-state index contributed by atoms with van der Waals surface area (Å²) in [5, 5.41) is 27.0. The van der Waals surface area contributed by atoms with Gasteiger partial charge in [-0.3, -0.25) is 0 Å². The molecule has 2 heteroatoms. The van der Waals surface area contributed by atoms with Gasteiger partial charge in [0.2, 0.25) is 0 Å². The Morgan fingerprint density at radius 2 is 1.32 bits per heavy atom. The Bertz CT molecular complexity index is 1070. The molecule has 0 bridgehead atoms. The predicted molar refractivity (Wildman–Crippen MR) is 115 cm³/mol. The highest BCUT2D eigenvalue weighted by atomic mass is 16.3. The Hall–Kier alpha value is -2.42. The minimum absolute atomic E-state index is 0.101. The Labute approximate surface area is 165 Å². The van der Waals surface area contributed by atoms with Gasteiger partial charge in [-0.25, -0.2) is 0 Å². The molecule has 0 heterocycles. The van der Waals surface area contributed by atoms with Crippen molar-refractivity contribution in [1.82, 2.24) is 0 Å². The Morgan fingerprint density at radius 1 is 0.750 bits per heavy atom. The van der Waals surface area contributed by atoms with E-state index in [0.717, 1.165) is 42.0 Å². The smallest absolute Gasteiger partial charge is 0.0864 e. The van der Waals surface area contributed by atoms with Gasteiger partial charge in [0.05, 0.1) is 6.10 Å². The average molecular weight is 370 g/mol. The van der Waals surface area contributed by atoms with Crippen LogP contribution in [0.25, 0.3) is 21.5 Å². The zero-order chi connectivity index (χ0) is 19.2. The monoisotopic (exact) mass is 370 g/mol. The third-order valence-corrected chi connectivity index (χ3v) is 7.29. The van der Waals surface area contributed by atoms with E-state index < -0.39 is 6.10 Å². The van der Waals surface area contributed by atoms with E-state index in [1.54, 1.807) is 0 Å². The van der Waals surface area contributed by atoms with Crippen LogP contribution >= 0.6 is 0 Å². The maximum Gasteiger partial charge on any atom is 0.0864 e. The van der Waals surface area contributed by atoms with Crippen LogP contribution in [0.2, 0.25) is 0 Å². The van der Waals surface area contributed by atoms with Crippen molar-refractivity contribution in [3.8, 4) is 0 Å². The lowest BCUT2D eigenvalue weighted by molar-refractivity contribution is -0.110. The number of benzene rings is 3. The first kappa shape index (κ1) is 17.7. The number of allylic oxidation sites excluding steroid dienone is 4. The van der Waals surface area contributed by atoms with E-state index >= 15 is 0 Å². The van der Waals surface area contributed by atoms with Crippen LogP contribution in [0.3, 0.4) is 0 Å². The van der Waals surface area contributed by atoms with Gasteiger partial charge in [-0.05, 0) is 58.9 Å². The quantitative estimate of drug-likeness (QED) is 0.459. The molecule has 0 aromatic heterocycles. The van der Waals surface area contributed by atoms with E-state index in [1.807, 2.05) is 6.07 Å². The first-order valence-corrected chi connectivity index (χ1v) is 10.2. The predicted octanol–water partition coefficient (Wildman–Crippen LogP) is 5.69. The molecule has 0 saturated carbocycles. The van der Waals surface area contributed by atoms with Crippen molar-refractivity contribution in [2.24, 2.45) is 10.8 Å². The average Bonchev–Trinajstić information content (AvgIpc) is 2.77. The molecule has 2 N–H and O–H groups in total. The van der Waals surface area contributed by atoms with Gasteiger partial charge >= 0.3 is 0 Å². The van der Waals surface area contributed by atoms with Crippen molar-refractivity contribution in [3.63, 3.8) is 0 Å². The second-order valence-electron chi connectivity index (χ2n) is 8.49. The maximum absolute atomic E-state index is 11.9. The fourth-order valence-corrected chi connectivity index (χ4v) is 5.62. The van der Waals surface area contributed by atoms with Gasteiger partial charge in [0.1, 0.15) is 0 Å². The third-order valence-electron chi connectivity index (χ3n) is 7.29. The van der Waals surface area contributed by atoms with Crippen molar-refractivity contribution < 1.29 is 10.2 Å². The summed E-state index contributed by atoms with van der Waals surface area (Å²) in [5.41, 5.74) is 0.303. The molecule has 2 aliphatic rings. The molecule has 2 nitrogen and oxygen atoms in total. The van der Waals surface area contributed by atoms with Crippen LogP contribution in [0.15, 0.2) is 78.9 Å². The van der Waals surface area contributed by atoms with Crippen LogP contribution in [0.4, 0.5) is 0 Å². The van der Waals surface area contributed by atoms with Crippen molar-refractivity contribution in [2.75, 3.05) is 6.61 Å².